The number of hydrogen-bond donors (Lipinski definition) is 2. The van der Waals surface area contributed by atoms with E-state index in [1.165, 1.54) is 0 Å². The topological polar surface area (TPSA) is 80.0 Å². The summed E-state index contributed by atoms with van der Waals surface area (Å²) in [6.07, 6.45) is -0.568. The fourth-order valence-electron chi connectivity index (χ4n) is 4.58. The molecule has 188 valence electrons. The molecule has 1 saturated heterocycles. The van der Waals surface area contributed by atoms with E-state index in [9.17, 15) is 10.2 Å². The fourth-order valence-corrected chi connectivity index (χ4v) is 4.99. The predicted molar refractivity (Wildman–Crippen MR) is 143 cm³/mol. The molecule has 1 aliphatic rings. The van der Waals surface area contributed by atoms with Crippen molar-refractivity contribution in [3.8, 4) is 11.8 Å². The Bertz CT molecular complexity index is 1200. The van der Waals surface area contributed by atoms with Gasteiger partial charge in [0.05, 0.1) is 47.1 Å². The van der Waals surface area contributed by atoms with E-state index in [0.717, 1.165) is 16.8 Å². The van der Waals surface area contributed by atoms with Crippen LogP contribution in [0, 0.1) is 11.3 Å². The number of ether oxygens (including phenoxy) is 1. The lowest BCUT2D eigenvalue weighted by molar-refractivity contribution is 0.103. The van der Waals surface area contributed by atoms with Crippen molar-refractivity contribution in [1.29, 1.82) is 5.26 Å². The second-order valence-electron chi connectivity index (χ2n) is 8.96. The number of piperazine rings is 1. The minimum absolute atomic E-state index is 0.0324. The van der Waals surface area contributed by atoms with Gasteiger partial charge in [-0.1, -0.05) is 47.5 Å². The molecule has 36 heavy (non-hydrogen) atoms. The van der Waals surface area contributed by atoms with Crippen molar-refractivity contribution < 1.29 is 14.9 Å². The van der Waals surface area contributed by atoms with Crippen LogP contribution in [0.3, 0.4) is 0 Å². The highest BCUT2D eigenvalue weighted by Gasteiger charge is 2.33. The van der Waals surface area contributed by atoms with Crippen LogP contribution in [0.5, 0.6) is 5.75 Å². The molecule has 3 aromatic rings. The van der Waals surface area contributed by atoms with Gasteiger partial charge in [0.25, 0.3) is 0 Å². The summed E-state index contributed by atoms with van der Waals surface area (Å²) >= 11 is 12.9. The Morgan fingerprint density at radius 3 is 2.39 bits per heavy atom. The molecule has 0 saturated carbocycles. The molecule has 1 fully saturated rings. The number of nitrogens with zero attached hydrogens (tertiary/aromatic N) is 3. The van der Waals surface area contributed by atoms with Crippen LogP contribution in [0.25, 0.3) is 0 Å². The van der Waals surface area contributed by atoms with E-state index in [4.69, 9.17) is 33.2 Å². The monoisotopic (exact) mass is 525 g/mol. The van der Waals surface area contributed by atoms with Crippen LogP contribution in [-0.2, 0) is 0 Å². The second-order valence-corrected chi connectivity index (χ2v) is 9.80. The summed E-state index contributed by atoms with van der Waals surface area (Å²) in [5, 5.41) is 30.2. The van der Waals surface area contributed by atoms with Crippen molar-refractivity contribution >= 4 is 28.9 Å². The van der Waals surface area contributed by atoms with Gasteiger partial charge in [-0.05, 0) is 54.4 Å². The molecule has 6 nitrogen and oxygen atoms in total. The Hall–Kier alpha value is -2.79. The fraction of sp³-hybridized carbons (Fsp3) is 0.321. The van der Waals surface area contributed by atoms with Gasteiger partial charge >= 0.3 is 0 Å². The molecule has 3 aromatic carbocycles. The zero-order valence-corrected chi connectivity index (χ0v) is 21.5. The van der Waals surface area contributed by atoms with E-state index in [-0.39, 0.29) is 25.3 Å². The first kappa shape index (κ1) is 26.3. The third-order valence-corrected chi connectivity index (χ3v) is 6.98. The largest absolute Gasteiger partial charge is 0.491 e. The van der Waals surface area contributed by atoms with Gasteiger partial charge in [-0.3, -0.25) is 4.90 Å². The van der Waals surface area contributed by atoms with E-state index in [1.807, 2.05) is 48.5 Å². The molecule has 3 atom stereocenters. The van der Waals surface area contributed by atoms with Crippen LogP contribution in [0.15, 0.2) is 66.7 Å². The van der Waals surface area contributed by atoms with Gasteiger partial charge in [0, 0.05) is 30.7 Å². The summed E-state index contributed by atoms with van der Waals surface area (Å²) < 4.78 is 5.62. The van der Waals surface area contributed by atoms with Crippen molar-refractivity contribution in [2.75, 3.05) is 37.7 Å². The van der Waals surface area contributed by atoms with Crippen LogP contribution in [0.4, 0.5) is 5.69 Å². The first-order chi connectivity index (χ1) is 17.4. The first-order valence-electron chi connectivity index (χ1n) is 11.9. The standard InChI is InChI=1S/C28H29Cl2N3O3/c1-19(35)18-36-24-10-11-26(25(30)14-24)33-13-12-32(16-27(33)21-6-8-23(29)9-7-21)28(17-34)22-4-2-20(15-31)3-5-22/h2-11,14,19,27-28,34-35H,12-13,16-18H2,1H3/t19-,27-,28-/m0/s1. The molecule has 0 unspecified atom stereocenters. The van der Waals surface area contributed by atoms with Gasteiger partial charge in [-0.2, -0.15) is 5.26 Å². The van der Waals surface area contributed by atoms with Gasteiger partial charge in [0.1, 0.15) is 12.4 Å². The minimum atomic E-state index is -0.568. The zero-order chi connectivity index (χ0) is 25.7. The SMILES string of the molecule is C[C@H](O)COc1ccc(N2CCN([C@@H](CO)c3ccc(C#N)cc3)C[C@H]2c2ccc(Cl)cc2)c(Cl)c1. The van der Waals surface area contributed by atoms with Crippen molar-refractivity contribution in [3.63, 3.8) is 0 Å². The number of anilines is 1. The molecule has 0 aromatic heterocycles. The van der Waals surface area contributed by atoms with E-state index in [1.54, 1.807) is 25.1 Å². The molecular weight excluding hydrogens is 497 g/mol. The molecule has 0 amide bonds. The van der Waals surface area contributed by atoms with Crippen LogP contribution in [0.2, 0.25) is 10.0 Å². The molecule has 8 heteroatoms. The Morgan fingerprint density at radius 1 is 1.06 bits per heavy atom. The molecule has 4 rings (SSSR count). The highest BCUT2D eigenvalue weighted by Crippen LogP contribution is 2.39. The van der Waals surface area contributed by atoms with Gasteiger partial charge < -0.3 is 19.8 Å². The van der Waals surface area contributed by atoms with Gasteiger partial charge in [-0.25, -0.2) is 0 Å². The lowest BCUT2D eigenvalue weighted by Crippen LogP contribution is -2.50. The summed E-state index contributed by atoms with van der Waals surface area (Å²) in [4.78, 5) is 4.54. The van der Waals surface area contributed by atoms with Crippen LogP contribution in [0.1, 0.15) is 35.7 Å². The predicted octanol–water partition coefficient (Wildman–Crippen LogP) is 5.22. The summed E-state index contributed by atoms with van der Waals surface area (Å²) in [5.41, 5.74) is 3.54. The van der Waals surface area contributed by atoms with Gasteiger partial charge in [0.2, 0.25) is 0 Å². The number of benzene rings is 3. The smallest absolute Gasteiger partial charge is 0.121 e. The normalized spacial score (nSPS) is 17.9. The number of hydrogen-bond acceptors (Lipinski definition) is 6. The third kappa shape index (κ3) is 6.12. The zero-order valence-electron chi connectivity index (χ0n) is 20.0. The molecular formula is C28H29Cl2N3O3. The van der Waals surface area contributed by atoms with Gasteiger partial charge in [-0.15, -0.1) is 0 Å². The minimum Gasteiger partial charge on any atom is -0.491 e. The average Bonchev–Trinajstić information content (AvgIpc) is 2.89. The Morgan fingerprint density at radius 2 is 1.78 bits per heavy atom. The molecule has 1 heterocycles. The Balaban J connectivity index is 1.63. The molecule has 0 bridgehead atoms. The Kier molecular flexibility index (Phi) is 8.73. The van der Waals surface area contributed by atoms with E-state index >= 15 is 0 Å². The number of aliphatic hydroxyl groups excluding tert-OH is 2. The maximum atomic E-state index is 10.3. The maximum Gasteiger partial charge on any atom is 0.121 e. The number of aliphatic hydroxyl groups is 2. The van der Waals surface area contributed by atoms with Gasteiger partial charge in [0.15, 0.2) is 0 Å². The van der Waals surface area contributed by atoms with E-state index < -0.39 is 6.10 Å². The van der Waals surface area contributed by atoms with E-state index in [2.05, 4.69) is 15.9 Å². The highest BCUT2D eigenvalue weighted by atomic mass is 35.5. The number of nitriles is 1. The quantitative estimate of drug-likeness (QED) is 0.419. The Labute approximate surface area is 221 Å². The number of halogens is 2. The van der Waals surface area contributed by atoms with Crippen LogP contribution >= 0.6 is 23.2 Å². The lowest BCUT2D eigenvalue weighted by atomic mass is 9.97. The second kappa shape index (κ2) is 12.0. The van der Waals surface area contributed by atoms with Crippen molar-refractivity contribution in [2.45, 2.75) is 25.1 Å². The van der Waals surface area contributed by atoms with Crippen molar-refractivity contribution in [1.82, 2.24) is 4.90 Å². The summed E-state index contributed by atoms with van der Waals surface area (Å²) in [6.45, 7) is 3.89. The van der Waals surface area contributed by atoms with Crippen LogP contribution < -0.4 is 9.64 Å². The molecule has 0 aliphatic carbocycles. The summed E-state index contributed by atoms with van der Waals surface area (Å²) in [6, 6.07) is 22.7. The first-order valence-corrected chi connectivity index (χ1v) is 12.6. The summed E-state index contributed by atoms with van der Waals surface area (Å²) in [7, 11) is 0. The maximum absolute atomic E-state index is 10.3. The molecule has 1 aliphatic heterocycles. The average molecular weight is 526 g/mol. The van der Waals surface area contributed by atoms with Crippen molar-refractivity contribution in [3.05, 3.63) is 93.5 Å². The highest BCUT2D eigenvalue weighted by molar-refractivity contribution is 6.33. The number of rotatable bonds is 8. The molecule has 2 N–H and O–H groups in total. The third-order valence-electron chi connectivity index (χ3n) is 6.42. The van der Waals surface area contributed by atoms with Crippen LogP contribution in [-0.4, -0.2) is 54.1 Å². The molecule has 0 spiro atoms. The molecule has 0 radical (unpaired) electrons. The van der Waals surface area contributed by atoms with Crippen molar-refractivity contribution in [2.24, 2.45) is 0 Å². The summed E-state index contributed by atoms with van der Waals surface area (Å²) in [5.74, 6) is 0.604. The van der Waals surface area contributed by atoms with E-state index in [0.29, 0.717) is 41.0 Å². The lowest BCUT2D eigenvalue weighted by Gasteiger charge is -2.46.